The van der Waals surface area contributed by atoms with Gasteiger partial charge in [-0.05, 0) is 55.9 Å². The van der Waals surface area contributed by atoms with Crippen LogP contribution >= 0.6 is 0 Å². The minimum atomic E-state index is -0.385. The van der Waals surface area contributed by atoms with Crippen LogP contribution in [-0.2, 0) is 0 Å². The molecule has 3 aromatic rings. The van der Waals surface area contributed by atoms with Gasteiger partial charge in [0.15, 0.2) is 5.76 Å². The number of hydrogen-bond donors (Lipinski definition) is 5. The highest BCUT2D eigenvalue weighted by atomic mass is 16.3. The van der Waals surface area contributed by atoms with Crippen LogP contribution in [0.1, 0.15) is 26.5 Å². The zero-order chi connectivity index (χ0) is 22.8. The predicted octanol–water partition coefficient (Wildman–Crippen LogP) is 3.31. The number of aryl methyl sites for hydroxylation is 1. The van der Waals surface area contributed by atoms with E-state index in [9.17, 15) is 9.59 Å². The molecule has 0 spiro atoms. The number of amides is 2. The fourth-order valence-corrected chi connectivity index (χ4v) is 3.10. The van der Waals surface area contributed by atoms with E-state index in [1.165, 1.54) is 11.8 Å². The van der Waals surface area contributed by atoms with E-state index in [0.717, 1.165) is 5.69 Å². The monoisotopic (exact) mass is 435 g/mol. The molecule has 0 atom stereocenters. The lowest BCUT2D eigenvalue weighted by Gasteiger charge is -2.15. The van der Waals surface area contributed by atoms with Crippen LogP contribution in [0.15, 0.2) is 65.3 Å². The van der Waals surface area contributed by atoms with Gasteiger partial charge in [-0.25, -0.2) is 0 Å². The fraction of sp³-hybridized carbons (Fsp3) is 0.250. The molecule has 0 radical (unpaired) electrons. The van der Waals surface area contributed by atoms with E-state index in [1.54, 1.807) is 30.3 Å². The molecule has 1 aromatic heterocycles. The molecule has 0 aliphatic carbocycles. The maximum Gasteiger partial charge on any atom is 0.291 e. The average Bonchev–Trinajstić information content (AvgIpc) is 3.34. The summed E-state index contributed by atoms with van der Waals surface area (Å²) in [5, 5.41) is 15.4. The Morgan fingerprint density at radius 2 is 1.59 bits per heavy atom. The quantitative estimate of drug-likeness (QED) is 0.296. The summed E-state index contributed by atoms with van der Waals surface area (Å²) in [4.78, 5) is 25.0. The Morgan fingerprint density at radius 1 is 0.812 bits per heavy atom. The van der Waals surface area contributed by atoms with Crippen LogP contribution in [0.3, 0.4) is 0 Å². The first-order valence-corrected chi connectivity index (χ1v) is 10.5. The molecule has 0 aliphatic heterocycles. The van der Waals surface area contributed by atoms with E-state index in [-0.39, 0.29) is 17.6 Å². The van der Waals surface area contributed by atoms with Crippen LogP contribution in [0, 0.1) is 6.92 Å². The highest BCUT2D eigenvalue weighted by Gasteiger charge is 2.14. The highest BCUT2D eigenvalue weighted by Crippen LogP contribution is 2.24. The summed E-state index contributed by atoms with van der Waals surface area (Å²) in [5.41, 5.74) is 3.92. The molecular formula is C24H29N5O3. The summed E-state index contributed by atoms with van der Waals surface area (Å²) in [5.74, 6) is -0.397. The summed E-state index contributed by atoms with van der Waals surface area (Å²) in [6.45, 7) is 4.53. The molecule has 0 saturated heterocycles. The summed E-state index contributed by atoms with van der Waals surface area (Å²) in [6, 6.07) is 16.5. The molecule has 1 heterocycles. The van der Waals surface area contributed by atoms with Gasteiger partial charge in [0.1, 0.15) is 0 Å². The molecule has 0 unspecified atom stereocenters. The summed E-state index contributed by atoms with van der Waals surface area (Å²) in [6.07, 6.45) is 1.44. The van der Waals surface area contributed by atoms with Crippen molar-refractivity contribution in [3.05, 3.63) is 77.7 Å². The Kier molecular flexibility index (Phi) is 8.28. The largest absolute Gasteiger partial charge is 0.459 e. The van der Waals surface area contributed by atoms with Crippen LogP contribution in [0.5, 0.6) is 0 Å². The van der Waals surface area contributed by atoms with E-state index in [0.29, 0.717) is 43.1 Å². The minimum absolute atomic E-state index is 0.195. The maximum absolute atomic E-state index is 12.5. The standard InChI is InChI=1S/C24H29N5O3/c1-17-6-3-4-7-19(17)26-13-14-27-20-10-9-18(23(30)28-12-11-25-2)16-21(20)29-24(31)22-8-5-15-32-22/h3-10,15-16,25-27H,11-14H2,1-2H3,(H,28,30)(H,29,31). The molecule has 0 aliphatic rings. The van der Waals surface area contributed by atoms with E-state index < -0.39 is 0 Å². The van der Waals surface area contributed by atoms with E-state index in [4.69, 9.17) is 4.42 Å². The van der Waals surface area contributed by atoms with Crippen LogP contribution < -0.4 is 26.6 Å². The normalized spacial score (nSPS) is 10.4. The second-order valence-corrected chi connectivity index (χ2v) is 7.22. The molecule has 3 rings (SSSR count). The lowest BCUT2D eigenvalue weighted by atomic mass is 10.1. The Morgan fingerprint density at radius 3 is 2.31 bits per heavy atom. The van der Waals surface area contributed by atoms with Crippen molar-refractivity contribution in [2.24, 2.45) is 0 Å². The molecule has 168 valence electrons. The fourth-order valence-electron chi connectivity index (χ4n) is 3.10. The number of hydrogen-bond acceptors (Lipinski definition) is 6. The van der Waals surface area contributed by atoms with E-state index in [2.05, 4.69) is 39.6 Å². The van der Waals surface area contributed by atoms with Gasteiger partial charge in [-0.2, -0.15) is 0 Å². The third-order valence-electron chi connectivity index (χ3n) is 4.84. The number of para-hydroxylation sites is 1. The summed E-state index contributed by atoms with van der Waals surface area (Å²) >= 11 is 0. The Labute approximate surface area is 187 Å². The molecule has 0 fully saturated rings. The smallest absolute Gasteiger partial charge is 0.291 e. The third kappa shape index (κ3) is 6.36. The molecular weight excluding hydrogens is 406 g/mol. The Balaban J connectivity index is 1.69. The Hall–Kier alpha value is -3.78. The molecule has 8 heteroatoms. The number of rotatable bonds is 11. The topological polar surface area (TPSA) is 107 Å². The van der Waals surface area contributed by atoms with Gasteiger partial charge < -0.3 is 31.0 Å². The van der Waals surface area contributed by atoms with Crippen molar-refractivity contribution < 1.29 is 14.0 Å². The van der Waals surface area contributed by atoms with Crippen molar-refractivity contribution in [3.8, 4) is 0 Å². The second kappa shape index (κ2) is 11.6. The first-order valence-electron chi connectivity index (χ1n) is 10.5. The van der Waals surface area contributed by atoms with Crippen molar-refractivity contribution >= 4 is 28.9 Å². The lowest BCUT2D eigenvalue weighted by molar-refractivity contribution is 0.0952. The zero-order valence-corrected chi connectivity index (χ0v) is 18.3. The molecule has 0 bridgehead atoms. The number of benzene rings is 2. The average molecular weight is 436 g/mol. The van der Waals surface area contributed by atoms with Crippen molar-refractivity contribution in [1.82, 2.24) is 10.6 Å². The zero-order valence-electron chi connectivity index (χ0n) is 18.3. The number of likely N-dealkylation sites (N-methyl/N-ethyl adjacent to an activating group) is 1. The minimum Gasteiger partial charge on any atom is -0.459 e. The van der Waals surface area contributed by atoms with Crippen LogP contribution in [0.2, 0.25) is 0 Å². The molecule has 0 saturated carbocycles. The summed E-state index contributed by atoms with van der Waals surface area (Å²) < 4.78 is 5.18. The lowest BCUT2D eigenvalue weighted by Crippen LogP contribution is -2.30. The van der Waals surface area contributed by atoms with Crippen molar-refractivity contribution in [1.29, 1.82) is 0 Å². The van der Waals surface area contributed by atoms with Crippen molar-refractivity contribution in [3.63, 3.8) is 0 Å². The van der Waals surface area contributed by atoms with Crippen molar-refractivity contribution in [2.75, 3.05) is 49.2 Å². The molecule has 32 heavy (non-hydrogen) atoms. The number of carbonyl (C=O) groups is 2. The van der Waals surface area contributed by atoms with Gasteiger partial charge >= 0.3 is 0 Å². The van der Waals surface area contributed by atoms with Gasteiger partial charge in [-0.3, -0.25) is 9.59 Å². The van der Waals surface area contributed by atoms with Gasteiger partial charge in [-0.1, -0.05) is 18.2 Å². The predicted molar refractivity (Wildman–Crippen MR) is 128 cm³/mol. The molecule has 2 amide bonds. The first-order chi connectivity index (χ1) is 15.6. The third-order valence-corrected chi connectivity index (χ3v) is 4.84. The van der Waals surface area contributed by atoms with Gasteiger partial charge in [-0.15, -0.1) is 0 Å². The molecule has 5 N–H and O–H groups in total. The number of carbonyl (C=O) groups excluding carboxylic acids is 2. The molecule has 2 aromatic carbocycles. The highest BCUT2D eigenvalue weighted by molar-refractivity contribution is 6.05. The summed E-state index contributed by atoms with van der Waals surface area (Å²) in [7, 11) is 1.82. The van der Waals surface area contributed by atoms with Gasteiger partial charge in [0, 0.05) is 37.4 Å². The number of nitrogens with one attached hydrogen (secondary N) is 5. The molecule has 8 nitrogen and oxygen atoms in total. The van der Waals surface area contributed by atoms with Crippen molar-refractivity contribution in [2.45, 2.75) is 6.92 Å². The first kappa shape index (κ1) is 22.9. The van der Waals surface area contributed by atoms with E-state index in [1.807, 2.05) is 25.2 Å². The van der Waals surface area contributed by atoms with Gasteiger partial charge in [0.05, 0.1) is 17.6 Å². The van der Waals surface area contributed by atoms with Gasteiger partial charge in [0.25, 0.3) is 11.8 Å². The maximum atomic E-state index is 12.5. The number of anilines is 3. The van der Waals surface area contributed by atoms with Crippen LogP contribution in [-0.4, -0.2) is 45.0 Å². The van der Waals surface area contributed by atoms with Crippen LogP contribution in [0.25, 0.3) is 0 Å². The van der Waals surface area contributed by atoms with Crippen LogP contribution in [0.4, 0.5) is 17.1 Å². The second-order valence-electron chi connectivity index (χ2n) is 7.22. The SMILES string of the molecule is CNCCNC(=O)c1ccc(NCCNc2ccccc2C)c(NC(=O)c2ccco2)c1. The van der Waals surface area contributed by atoms with Gasteiger partial charge in [0.2, 0.25) is 0 Å². The number of furan rings is 1. The van der Waals surface area contributed by atoms with E-state index >= 15 is 0 Å². The Bertz CT molecular complexity index is 1030.